The van der Waals surface area contributed by atoms with Crippen molar-refractivity contribution >= 4 is 33.1 Å². The van der Waals surface area contributed by atoms with Gasteiger partial charge in [0.1, 0.15) is 4.21 Å². The van der Waals surface area contributed by atoms with Crippen molar-refractivity contribution in [2.75, 3.05) is 31.6 Å². The Morgan fingerprint density at radius 1 is 1.11 bits per heavy atom. The van der Waals surface area contributed by atoms with Gasteiger partial charge in [-0.3, -0.25) is 0 Å². The standard InChI is InChI=1S/C19H23N3O4S2/c23-19(21-16-5-4-14-2-1-3-15(14)12-16)20-13-17-6-7-18(27-17)28(24,25)22-8-10-26-11-9-22/h4-7,12H,1-3,8-11,13H2,(H2,20,21,23). The molecule has 9 heteroatoms. The van der Waals surface area contributed by atoms with Crippen LogP contribution in [0.4, 0.5) is 10.5 Å². The monoisotopic (exact) mass is 421 g/mol. The van der Waals surface area contributed by atoms with Crippen LogP contribution in [0.1, 0.15) is 22.4 Å². The summed E-state index contributed by atoms with van der Waals surface area (Å²) >= 11 is 1.19. The van der Waals surface area contributed by atoms with Crippen molar-refractivity contribution in [2.45, 2.75) is 30.0 Å². The number of rotatable bonds is 5. The molecule has 150 valence electrons. The molecule has 1 fully saturated rings. The number of ether oxygens (including phenoxy) is 1. The van der Waals surface area contributed by atoms with E-state index in [1.165, 1.54) is 33.2 Å². The topological polar surface area (TPSA) is 87.7 Å². The van der Waals surface area contributed by atoms with Crippen LogP contribution in [0.2, 0.25) is 0 Å². The van der Waals surface area contributed by atoms with Gasteiger partial charge in [0, 0.05) is 23.7 Å². The molecule has 4 rings (SSSR count). The Balaban J connectivity index is 1.33. The number of sulfonamides is 1. The van der Waals surface area contributed by atoms with Gasteiger partial charge in [-0.05, 0) is 54.7 Å². The highest BCUT2D eigenvalue weighted by Gasteiger charge is 2.27. The molecule has 0 atom stereocenters. The SMILES string of the molecule is O=C(NCc1ccc(S(=O)(=O)N2CCOCC2)s1)Nc1ccc2c(c1)CCC2. The number of anilines is 1. The zero-order chi connectivity index (χ0) is 19.6. The number of thiophene rings is 1. The molecule has 2 aromatic rings. The molecule has 0 unspecified atom stereocenters. The lowest BCUT2D eigenvalue weighted by Crippen LogP contribution is -2.40. The second kappa shape index (κ2) is 8.20. The smallest absolute Gasteiger partial charge is 0.319 e. The molecule has 0 radical (unpaired) electrons. The van der Waals surface area contributed by atoms with Crippen molar-refractivity contribution in [1.29, 1.82) is 0 Å². The summed E-state index contributed by atoms with van der Waals surface area (Å²) in [6.45, 7) is 1.86. The summed E-state index contributed by atoms with van der Waals surface area (Å²) in [6, 6.07) is 9.06. The van der Waals surface area contributed by atoms with Crippen molar-refractivity contribution < 1.29 is 17.9 Å². The minimum atomic E-state index is -3.49. The number of hydrogen-bond acceptors (Lipinski definition) is 5. The van der Waals surface area contributed by atoms with Crippen LogP contribution in [0.15, 0.2) is 34.5 Å². The molecule has 2 aliphatic rings. The third-order valence-corrected chi connectivity index (χ3v) is 8.43. The van der Waals surface area contributed by atoms with E-state index in [1.54, 1.807) is 12.1 Å². The number of aryl methyl sites for hydroxylation is 2. The van der Waals surface area contributed by atoms with Crippen LogP contribution in [0.25, 0.3) is 0 Å². The van der Waals surface area contributed by atoms with Crippen LogP contribution in [0.3, 0.4) is 0 Å². The third kappa shape index (κ3) is 4.22. The van der Waals surface area contributed by atoms with Crippen LogP contribution < -0.4 is 10.6 Å². The van der Waals surface area contributed by atoms with Crippen LogP contribution in [0, 0.1) is 0 Å². The largest absolute Gasteiger partial charge is 0.379 e. The highest BCUT2D eigenvalue weighted by molar-refractivity contribution is 7.91. The molecule has 1 aliphatic heterocycles. The quantitative estimate of drug-likeness (QED) is 0.777. The Hall–Kier alpha value is -1.94. The van der Waals surface area contributed by atoms with Crippen molar-refractivity contribution in [3.63, 3.8) is 0 Å². The highest BCUT2D eigenvalue weighted by atomic mass is 32.2. The number of carbonyl (C=O) groups excluding carboxylic acids is 1. The second-order valence-electron chi connectivity index (χ2n) is 6.88. The molecule has 7 nitrogen and oxygen atoms in total. The molecule has 28 heavy (non-hydrogen) atoms. The molecular formula is C19H23N3O4S2. The summed E-state index contributed by atoms with van der Waals surface area (Å²) in [4.78, 5) is 13.0. The Morgan fingerprint density at radius 2 is 1.89 bits per heavy atom. The van der Waals surface area contributed by atoms with E-state index in [-0.39, 0.29) is 12.6 Å². The molecule has 0 bridgehead atoms. The van der Waals surface area contributed by atoms with Crippen molar-refractivity contribution in [2.24, 2.45) is 0 Å². The van der Waals surface area contributed by atoms with E-state index in [4.69, 9.17) is 4.74 Å². The lowest BCUT2D eigenvalue weighted by Gasteiger charge is -2.25. The number of amides is 2. The van der Waals surface area contributed by atoms with E-state index in [2.05, 4.69) is 16.7 Å². The number of urea groups is 1. The molecule has 1 aromatic heterocycles. The predicted octanol–water partition coefficient (Wildman–Crippen LogP) is 2.58. The summed E-state index contributed by atoms with van der Waals surface area (Å²) in [5.74, 6) is 0. The number of fused-ring (bicyclic) bond motifs is 1. The molecule has 2 amide bonds. The van der Waals surface area contributed by atoms with Crippen molar-refractivity contribution in [3.05, 3.63) is 46.3 Å². The average molecular weight is 422 g/mol. The molecule has 2 N–H and O–H groups in total. The molecule has 1 saturated heterocycles. The normalized spacial score (nSPS) is 17.3. The summed E-state index contributed by atoms with van der Waals surface area (Å²) in [5, 5.41) is 5.64. The van der Waals surface area contributed by atoms with E-state index < -0.39 is 10.0 Å². The minimum absolute atomic E-state index is 0.278. The molecule has 1 aromatic carbocycles. The molecule has 1 aliphatic carbocycles. The van der Waals surface area contributed by atoms with E-state index >= 15 is 0 Å². The molecule has 0 saturated carbocycles. The van der Waals surface area contributed by atoms with Gasteiger partial charge in [0.2, 0.25) is 0 Å². The van der Waals surface area contributed by atoms with Gasteiger partial charge < -0.3 is 15.4 Å². The summed E-state index contributed by atoms with van der Waals surface area (Å²) in [5.41, 5.74) is 3.44. The lowest BCUT2D eigenvalue weighted by atomic mass is 10.1. The maximum atomic E-state index is 12.7. The summed E-state index contributed by atoms with van der Waals surface area (Å²) in [6.07, 6.45) is 3.33. The van der Waals surface area contributed by atoms with Gasteiger partial charge in [-0.2, -0.15) is 4.31 Å². The first-order chi connectivity index (χ1) is 13.5. The zero-order valence-electron chi connectivity index (χ0n) is 15.4. The van der Waals surface area contributed by atoms with Crippen molar-refractivity contribution in [3.8, 4) is 0 Å². The van der Waals surface area contributed by atoms with Gasteiger partial charge in [0.15, 0.2) is 0 Å². The lowest BCUT2D eigenvalue weighted by molar-refractivity contribution is 0.0731. The van der Waals surface area contributed by atoms with E-state index in [9.17, 15) is 13.2 Å². The number of morpholine rings is 1. The predicted molar refractivity (Wildman–Crippen MR) is 108 cm³/mol. The van der Waals surface area contributed by atoms with Crippen LogP contribution in [-0.2, 0) is 34.1 Å². The summed E-state index contributed by atoms with van der Waals surface area (Å²) in [7, 11) is -3.49. The first-order valence-corrected chi connectivity index (χ1v) is 11.6. The van der Waals surface area contributed by atoms with Gasteiger partial charge in [-0.15, -0.1) is 11.3 Å². The van der Waals surface area contributed by atoms with Gasteiger partial charge in [0.05, 0.1) is 19.8 Å². The number of nitrogens with one attached hydrogen (secondary N) is 2. The highest BCUT2D eigenvalue weighted by Crippen LogP contribution is 2.26. The van der Waals surface area contributed by atoms with E-state index in [0.717, 1.165) is 23.4 Å². The fourth-order valence-corrected chi connectivity index (χ4v) is 6.36. The van der Waals surface area contributed by atoms with E-state index in [1.807, 2.05) is 12.1 Å². The van der Waals surface area contributed by atoms with E-state index in [0.29, 0.717) is 30.5 Å². The Kier molecular flexibility index (Phi) is 5.68. The molecular weight excluding hydrogens is 398 g/mol. The fraction of sp³-hybridized carbons (Fsp3) is 0.421. The Labute approximate surface area is 168 Å². The number of nitrogens with zero attached hydrogens (tertiary/aromatic N) is 1. The first kappa shape index (κ1) is 19.4. The molecule has 0 spiro atoms. The Morgan fingerprint density at radius 3 is 2.71 bits per heavy atom. The number of benzene rings is 1. The van der Waals surface area contributed by atoms with Crippen LogP contribution in [0.5, 0.6) is 0 Å². The van der Waals surface area contributed by atoms with Gasteiger partial charge in [-0.25, -0.2) is 13.2 Å². The van der Waals surface area contributed by atoms with Crippen LogP contribution in [-0.4, -0.2) is 45.1 Å². The maximum Gasteiger partial charge on any atom is 0.319 e. The van der Waals surface area contributed by atoms with Crippen molar-refractivity contribution in [1.82, 2.24) is 9.62 Å². The van der Waals surface area contributed by atoms with Crippen LogP contribution >= 0.6 is 11.3 Å². The number of hydrogen-bond donors (Lipinski definition) is 2. The third-order valence-electron chi connectivity index (χ3n) is 4.98. The van der Waals surface area contributed by atoms with Gasteiger partial charge >= 0.3 is 6.03 Å². The first-order valence-electron chi connectivity index (χ1n) is 9.36. The fourth-order valence-electron chi connectivity index (χ4n) is 3.50. The van der Waals surface area contributed by atoms with Gasteiger partial charge in [0.25, 0.3) is 10.0 Å². The maximum absolute atomic E-state index is 12.7. The average Bonchev–Trinajstić information content (AvgIpc) is 3.36. The second-order valence-corrected chi connectivity index (χ2v) is 10.2. The molecule has 2 heterocycles. The number of carbonyl (C=O) groups is 1. The minimum Gasteiger partial charge on any atom is -0.379 e. The Bertz CT molecular complexity index is 965. The van der Waals surface area contributed by atoms with Gasteiger partial charge in [-0.1, -0.05) is 6.07 Å². The summed E-state index contributed by atoms with van der Waals surface area (Å²) < 4.78 is 32.3. The zero-order valence-corrected chi connectivity index (χ0v) is 17.1.